The summed E-state index contributed by atoms with van der Waals surface area (Å²) in [5.74, 6) is 0. The van der Waals surface area contributed by atoms with Crippen molar-refractivity contribution in [2.75, 3.05) is 0 Å². The lowest BCUT2D eigenvalue weighted by molar-refractivity contribution is 1.50. The Balaban J connectivity index is -0.000000000238. The quantitative estimate of drug-likeness (QED) is 0.402. The molecule has 0 spiro atoms. The van der Waals surface area contributed by atoms with Gasteiger partial charge in [0.2, 0.25) is 0 Å². The highest BCUT2D eigenvalue weighted by atomic mass is 13.0. The third-order valence-electron chi connectivity index (χ3n) is 0. The van der Waals surface area contributed by atoms with E-state index in [1.165, 1.54) is 0 Å². The second-order valence-corrected chi connectivity index (χ2v) is 0. The van der Waals surface area contributed by atoms with Gasteiger partial charge in [-0.05, 0) is 0 Å². The zero-order valence-corrected chi connectivity index (χ0v) is 4.00. The first-order valence-corrected chi connectivity index (χ1v) is 2.00. The summed E-state index contributed by atoms with van der Waals surface area (Å²) in [6, 6.07) is 0. The summed E-state index contributed by atoms with van der Waals surface area (Å²) in [6.45, 7) is 8.00. The maximum atomic E-state index is 2.00. The van der Waals surface area contributed by atoms with E-state index in [9.17, 15) is 0 Å². The fraction of sp³-hybridized carbons (Fsp3) is 1.00. The molecule has 0 amide bonds. The van der Waals surface area contributed by atoms with Crippen LogP contribution >= 0.6 is 0 Å². The molecule has 0 aliphatic rings. The molecule has 16 heavy (non-hydrogen) atoms. The maximum Gasteiger partial charge on any atom is -0.0683 e. The highest BCUT2D eigenvalue weighted by Crippen LogP contribution is 1.15. The molecular weight excluding hydrogens is 192 g/mol. The van der Waals surface area contributed by atoms with Crippen molar-refractivity contribution in [2.24, 2.45) is 0 Å². The molecular formula is C16H60. The first-order valence-electron chi connectivity index (χ1n) is 2.00. The van der Waals surface area contributed by atoms with Crippen molar-refractivity contribution >= 4 is 0 Å². The predicted molar refractivity (Wildman–Crippen MR) is 103 cm³/mol. The minimum atomic E-state index is 0. The van der Waals surface area contributed by atoms with Crippen LogP contribution in [0.2, 0.25) is 0 Å². The summed E-state index contributed by atoms with van der Waals surface area (Å²) in [4.78, 5) is 0. The Hall–Kier alpha value is 0. The molecule has 0 unspecified atom stereocenters. The number of rotatable bonds is 0. The van der Waals surface area contributed by atoms with Gasteiger partial charge in [0.25, 0.3) is 0 Å². The molecule has 0 saturated carbocycles. The molecule has 0 fully saturated rings. The summed E-state index contributed by atoms with van der Waals surface area (Å²) in [5, 5.41) is 0. The van der Waals surface area contributed by atoms with E-state index >= 15 is 0 Å². The maximum absolute atomic E-state index is 2.00. The molecule has 0 aliphatic carbocycles. The monoisotopic (exact) mass is 252 g/mol. The number of hydrogen-bond donors (Lipinski definition) is 0. The van der Waals surface area contributed by atoms with Gasteiger partial charge in [-0.15, -0.1) is 0 Å². The van der Waals surface area contributed by atoms with E-state index in [1.54, 1.807) is 0 Å². The van der Waals surface area contributed by atoms with Crippen molar-refractivity contribution in [2.45, 2.75) is 117 Å². The zero-order valence-electron chi connectivity index (χ0n) is 4.00. The molecule has 0 aliphatic heterocycles. The van der Waals surface area contributed by atoms with E-state index in [0.29, 0.717) is 0 Å². The van der Waals surface area contributed by atoms with E-state index in [-0.39, 0.29) is 89.1 Å². The molecule has 0 saturated heterocycles. The summed E-state index contributed by atoms with van der Waals surface area (Å²) < 4.78 is 0. The molecule has 0 atom stereocenters. The van der Waals surface area contributed by atoms with Crippen molar-refractivity contribution in [1.29, 1.82) is 0 Å². The lowest BCUT2D eigenvalue weighted by atomic mass is 11.0. The van der Waals surface area contributed by atoms with E-state index in [0.717, 1.165) is 0 Å². The van der Waals surface area contributed by atoms with Gasteiger partial charge in [-0.1, -0.05) is 117 Å². The highest BCUT2D eigenvalue weighted by molar-refractivity contribution is 3.51. The van der Waals surface area contributed by atoms with Crippen LogP contribution in [-0.2, 0) is 0 Å². The molecule has 0 aromatic carbocycles. The smallest absolute Gasteiger partial charge is 0.0683 e. The van der Waals surface area contributed by atoms with Gasteiger partial charge in [0.1, 0.15) is 0 Å². The van der Waals surface area contributed by atoms with Crippen molar-refractivity contribution in [3.05, 3.63) is 0 Å². The normalized spacial score (nSPS) is 0.750. The highest BCUT2D eigenvalue weighted by Gasteiger charge is 0.934. The van der Waals surface area contributed by atoms with Gasteiger partial charge in [0.15, 0.2) is 0 Å². The lowest BCUT2D eigenvalue weighted by Gasteiger charge is -1.07. The van der Waals surface area contributed by atoms with Gasteiger partial charge in [0, 0.05) is 0 Å². The summed E-state index contributed by atoms with van der Waals surface area (Å²) >= 11 is 0. The topological polar surface area (TPSA) is 0 Å². The molecule has 0 heteroatoms. The Labute approximate surface area is 117 Å². The van der Waals surface area contributed by atoms with Crippen molar-refractivity contribution in [1.82, 2.24) is 0 Å². The van der Waals surface area contributed by atoms with Crippen LogP contribution in [0.15, 0.2) is 0 Å². The third kappa shape index (κ3) is 0. The van der Waals surface area contributed by atoms with Crippen LogP contribution in [0.5, 0.6) is 0 Å². The van der Waals surface area contributed by atoms with Gasteiger partial charge in [-0.25, -0.2) is 0 Å². The Bertz CT molecular complexity index is 0. The van der Waals surface area contributed by atoms with Gasteiger partial charge < -0.3 is 0 Å². The Morgan fingerprint density at radius 3 is 0.188 bits per heavy atom. The predicted octanol–water partition coefficient (Wildman–Crippen LogP) is 9.69. The van der Waals surface area contributed by atoms with Gasteiger partial charge in [-0.2, -0.15) is 0 Å². The molecule has 0 rings (SSSR count). The fourth-order valence-electron chi connectivity index (χ4n) is 0. The summed E-state index contributed by atoms with van der Waals surface area (Å²) in [5.41, 5.74) is 0. The summed E-state index contributed by atoms with van der Waals surface area (Å²) in [6.07, 6.45) is 0. The average molecular weight is 253 g/mol. The van der Waals surface area contributed by atoms with Crippen molar-refractivity contribution in [3.63, 3.8) is 0 Å². The molecule has 0 heterocycles. The van der Waals surface area contributed by atoms with Crippen LogP contribution in [0.1, 0.15) is 117 Å². The Morgan fingerprint density at radius 2 is 0.188 bits per heavy atom. The van der Waals surface area contributed by atoms with Crippen LogP contribution in [-0.4, -0.2) is 0 Å². The SMILES string of the molecule is C.C.C.C.C.C.C.C.C.C.C.C.CC.CC. The molecule has 0 nitrogen and oxygen atoms in total. The van der Waals surface area contributed by atoms with Crippen LogP contribution in [0.25, 0.3) is 0 Å². The Morgan fingerprint density at radius 1 is 0.188 bits per heavy atom. The number of hydrogen-bond acceptors (Lipinski definition) is 0. The average Bonchev–Trinajstić information content (AvgIpc) is 1.50. The van der Waals surface area contributed by atoms with Crippen LogP contribution in [0.3, 0.4) is 0 Å². The second-order valence-electron chi connectivity index (χ2n) is 0. The zero-order chi connectivity index (χ0) is 4.00. The van der Waals surface area contributed by atoms with Crippen LogP contribution < -0.4 is 0 Å². The molecule has 0 aromatic heterocycles. The van der Waals surface area contributed by atoms with Crippen LogP contribution in [0, 0.1) is 0 Å². The van der Waals surface area contributed by atoms with E-state index in [1.807, 2.05) is 27.7 Å². The van der Waals surface area contributed by atoms with Crippen LogP contribution in [0.4, 0.5) is 0 Å². The van der Waals surface area contributed by atoms with Gasteiger partial charge in [0.05, 0.1) is 0 Å². The van der Waals surface area contributed by atoms with Gasteiger partial charge in [-0.3, -0.25) is 0 Å². The standard InChI is InChI=1S/2C2H6.12CH4/c2*1-2;;;;;;;;;;;;/h2*1-2H3;12*1H4. The van der Waals surface area contributed by atoms with Crippen molar-refractivity contribution in [3.8, 4) is 0 Å². The van der Waals surface area contributed by atoms with Gasteiger partial charge >= 0.3 is 0 Å². The first-order chi connectivity index (χ1) is 2.00. The lowest BCUT2D eigenvalue weighted by Crippen LogP contribution is -0.856. The van der Waals surface area contributed by atoms with E-state index in [2.05, 4.69) is 0 Å². The minimum Gasteiger partial charge on any atom is -0.0776 e. The molecule has 0 aromatic rings. The van der Waals surface area contributed by atoms with E-state index in [4.69, 9.17) is 0 Å². The molecule has 0 radical (unpaired) electrons. The molecule has 0 bridgehead atoms. The molecule has 0 N–H and O–H groups in total. The second kappa shape index (κ2) is 0. The largest absolute Gasteiger partial charge is 0.0776 e. The Kier molecular flexibility index (Phi) is 0. The minimum absolute atomic E-state index is 0. The first kappa shape index (κ1) is 900. The van der Waals surface area contributed by atoms with Crippen molar-refractivity contribution < 1.29 is 0 Å². The third-order valence-corrected chi connectivity index (χ3v) is 0. The molecule has 124 valence electrons. The fourth-order valence-corrected chi connectivity index (χ4v) is 0. The summed E-state index contributed by atoms with van der Waals surface area (Å²) in [7, 11) is 0. The van der Waals surface area contributed by atoms with E-state index < -0.39 is 0 Å².